The van der Waals surface area contributed by atoms with Crippen LogP contribution in [0.2, 0.25) is 0 Å². The Balaban J connectivity index is 1.22. The van der Waals surface area contributed by atoms with Gasteiger partial charge >= 0.3 is 0 Å². The molecule has 1 saturated heterocycles. The molecule has 7 nitrogen and oxygen atoms in total. The maximum Gasteiger partial charge on any atom is 0.238 e. The fourth-order valence-corrected chi connectivity index (χ4v) is 4.29. The van der Waals surface area contributed by atoms with Crippen LogP contribution in [0.3, 0.4) is 0 Å². The lowest BCUT2D eigenvalue weighted by Gasteiger charge is -2.37. The van der Waals surface area contributed by atoms with E-state index in [0.717, 1.165) is 54.3 Å². The Morgan fingerprint density at radius 3 is 2.47 bits per heavy atom. The summed E-state index contributed by atoms with van der Waals surface area (Å²) in [6, 6.07) is 11.8. The number of carbonyl (C=O) groups excluding carboxylic acids is 1. The molecule has 2 atom stereocenters. The normalized spacial score (nSPS) is 20.1. The van der Waals surface area contributed by atoms with Crippen LogP contribution < -0.4 is 14.8 Å². The molecule has 2 aromatic rings. The highest BCUT2D eigenvalue weighted by atomic mass is 16.6. The zero-order valence-electron chi connectivity index (χ0n) is 19.1. The highest BCUT2D eigenvalue weighted by Crippen LogP contribution is 2.33. The van der Waals surface area contributed by atoms with E-state index < -0.39 is 6.10 Å². The number of fused-ring (bicyclic) bond motifs is 1. The highest BCUT2D eigenvalue weighted by Gasteiger charge is 2.30. The third kappa shape index (κ3) is 5.41. The number of ether oxygens (including phenoxy) is 2. The molecule has 2 N–H and O–H groups in total. The van der Waals surface area contributed by atoms with Crippen LogP contribution in [0.25, 0.3) is 0 Å². The van der Waals surface area contributed by atoms with E-state index in [0.29, 0.717) is 25.4 Å². The molecule has 4 rings (SSSR count). The zero-order valence-corrected chi connectivity index (χ0v) is 19.1. The first-order valence-electron chi connectivity index (χ1n) is 11.3. The molecule has 1 fully saturated rings. The Bertz CT molecular complexity index is 936. The van der Waals surface area contributed by atoms with Gasteiger partial charge in [0.2, 0.25) is 5.91 Å². The van der Waals surface area contributed by atoms with E-state index in [2.05, 4.69) is 15.1 Å². The number of aliphatic hydroxyl groups is 1. The summed E-state index contributed by atoms with van der Waals surface area (Å²) in [5.74, 6) is 1.43. The maximum atomic E-state index is 12.5. The summed E-state index contributed by atoms with van der Waals surface area (Å²) in [6.45, 7) is 10.4. The molecule has 0 radical (unpaired) electrons. The van der Waals surface area contributed by atoms with Crippen LogP contribution in [-0.2, 0) is 4.79 Å². The molecule has 7 heteroatoms. The third-order valence-corrected chi connectivity index (χ3v) is 6.23. The van der Waals surface area contributed by atoms with Crippen molar-refractivity contribution in [3.05, 3.63) is 53.1 Å². The summed E-state index contributed by atoms with van der Waals surface area (Å²) in [5.41, 5.74) is 4.15. The van der Waals surface area contributed by atoms with E-state index in [1.54, 1.807) is 0 Å². The van der Waals surface area contributed by atoms with Gasteiger partial charge in [-0.3, -0.25) is 14.6 Å². The van der Waals surface area contributed by atoms with Gasteiger partial charge in [-0.25, -0.2) is 0 Å². The molecule has 1 amide bonds. The van der Waals surface area contributed by atoms with Gasteiger partial charge in [0.15, 0.2) is 17.6 Å². The molecule has 0 spiro atoms. The standard InChI is InChI=1S/C25H33N3O4/c1-17-7-8-21-22(13-17)32-23(16-31-21)20(29)14-27-9-11-28(12-10-27)15-24(30)26-25-18(2)5-4-6-19(25)3/h4-8,13,20,23,29H,9-12,14-16H2,1-3H3,(H,26,30). The van der Waals surface area contributed by atoms with E-state index in [1.807, 2.05) is 57.2 Å². The topological polar surface area (TPSA) is 74.3 Å². The van der Waals surface area contributed by atoms with Crippen LogP contribution in [0, 0.1) is 20.8 Å². The first kappa shape index (κ1) is 22.6. The number of piperazine rings is 1. The molecule has 0 saturated carbocycles. The smallest absolute Gasteiger partial charge is 0.238 e. The van der Waals surface area contributed by atoms with Crippen molar-refractivity contribution in [2.45, 2.75) is 33.0 Å². The van der Waals surface area contributed by atoms with E-state index >= 15 is 0 Å². The average Bonchev–Trinajstić information content (AvgIpc) is 2.77. The van der Waals surface area contributed by atoms with Crippen molar-refractivity contribution in [3.63, 3.8) is 0 Å². The molecule has 0 aromatic heterocycles. The second-order valence-electron chi connectivity index (χ2n) is 8.88. The second kappa shape index (κ2) is 9.90. The Hall–Kier alpha value is -2.61. The number of carbonyl (C=O) groups is 1. The number of β-amino-alcohol motifs (C(OH)–C–C–N with tert-alkyl or cyclic N) is 1. The monoisotopic (exact) mass is 439 g/mol. The lowest BCUT2D eigenvalue weighted by Crippen LogP contribution is -2.53. The average molecular weight is 440 g/mol. The minimum absolute atomic E-state index is 0.0117. The van der Waals surface area contributed by atoms with E-state index in [-0.39, 0.29) is 12.0 Å². The summed E-state index contributed by atoms with van der Waals surface area (Å²) in [6.07, 6.45) is -1.02. The lowest BCUT2D eigenvalue weighted by molar-refractivity contribution is -0.117. The predicted molar refractivity (Wildman–Crippen MR) is 125 cm³/mol. The number of para-hydroxylation sites is 1. The summed E-state index contributed by atoms with van der Waals surface area (Å²) >= 11 is 0. The zero-order chi connectivity index (χ0) is 22.7. The van der Waals surface area contributed by atoms with Crippen molar-refractivity contribution in [2.75, 3.05) is 51.2 Å². The fraction of sp³-hybridized carbons (Fsp3) is 0.480. The SMILES string of the molecule is Cc1ccc2c(c1)OC(C(O)CN1CCN(CC(=O)Nc3c(C)cccc3C)CC1)CO2. The maximum absolute atomic E-state index is 12.5. The van der Waals surface area contributed by atoms with Gasteiger partial charge in [0, 0.05) is 38.4 Å². The van der Waals surface area contributed by atoms with Crippen LogP contribution >= 0.6 is 0 Å². The minimum Gasteiger partial charge on any atom is -0.486 e. The predicted octanol–water partition coefficient (Wildman–Crippen LogP) is 2.37. The Morgan fingerprint density at radius 1 is 1.06 bits per heavy atom. The van der Waals surface area contributed by atoms with Crippen LogP contribution in [0.5, 0.6) is 11.5 Å². The Labute approximate surface area is 189 Å². The number of nitrogens with one attached hydrogen (secondary N) is 1. The van der Waals surface area contributed by atoms with Crippen LogP contribution in [0.1, 0.15) is 16.7 Å². The van der Waals surface area contributed by atoms with Gasteiger partial charge in [-0.1, -0.05) is 24.3 Å². The largest absolute Gasteiger partial charge is 0.486 e. The lowest BCUT2D eigenvalue weighted by atomic mass is 10.1. The number of aliphatic hydroxyl groups excluding tert-OH is 1. The van der Waals surface area contributed by atoms with Gasteiger partial charge in [0.25, 0.3) is 0 Å². The van der Waals surface area contributed by atoms with Crippen molar-refractivity contribution in [1.82, 2.24) is 9.80 Å². The van der Waals surface area contributed by atoms with Gasteiger partial charge in [-0.15, -0.1) is 0 Å². The molecular weight excluding hydrogens is 406 g/mol. The number of amides is 1. The molecule has 172 valence electrons. The molecule has 2 aliphatic rings. The van der Waals surface area contributed by atoms with Crippen molar-refractivity contribution >= 4 is 11.6 Å². The van der Waals surface area contributed by atoms with E-state index in [1.165, 1.54) is 0 Å². The Morgan fingerprint density at radius 2 is 1.75 bits per heavy atom. The fourth-order valence-electron chi connectivity index (χ4n) is 4.29. The van der Waals surface area contributed by atoms with E-state index in [9.17, 15) is 9.90 Å². The molecular formula is C25H33N3O4. The first-order valence-corrected chi connectivity index (χ1v) is 11.3. The number of benzene rings is 2. The van der Waals surface area contributed by atoms with Gasteiger partial charge in [0.1, 0.15) is 12.7 Å². The highest BCUT2D eigenvalue weighted by molar-refractivity contribution is 5.93. The van der Waals surface area contributed by atoms with E-state index in [4.69, 9.17) is 9.47 Å². The van der Waals surface area contributed by atoms with Gasteiger partial charge in [0.05, 0.1) is 6.54 Å². The number of anilines is 1. The van der Waals surface area contributed by atoms with Gasteiger partial charge in [-0.05, 0) is 49.6 Å². The van der Waals surface area contributed by atoms with Gasteiger partial charge < -0.3 is 19.9 Å². The summed E-state index contributed by atoms with van der Waals surface area (Å²) in [5, 5.41) is 13.8. The molecule has 2 aromatic carbocycles. The molecule has 2 heterocycles. The summed E-state index contributed by atoms with van der Waals surface area (Å²) < 4.78 is 11.8. The first-order chi connectivity index (χ1) is 15.4. The molecule has 32 heavy (non-hydrogen) atoms. The van der Waals surface area contributed by atoms with Crippen LogP contribution in [-0.4, -0.2) is 78.9 Å². The number of hydrogen-bond donors (Lipinski definition) is 2. The van der Waals surface area contributed by atoms with Crippen molar-refractivity contribution < 1.29 is 19.4 Å². The van der Waals surface area contributed by atoms with Gasteiger partial charge in [-0.2, -0.15) is 0 Å². The number of hydrogen-bond acceptors (Lipinski definition) is 6. The molecule has 0 bridgehead atoms. The van der Waals surface area contributed by atoms with Crippen LogP contribution in [0.15, 0.2) is 36.4 Å². The quantitative estimate of drug-likeness (QED) is 0.720. The third-order valence-electron chi connectivity index (χ3n) is 6.23. The Kier molecular flexibility index (Phi) is 6.98. The number of rotatable bonds is 6. The second-order valence-corrected chi connectivity index (χ2v) is 8.88. The molecule has 2 aliphatic heterocycles. The number of aryl methyl sites for hydroxylation is 3. The summed E-state index contributed by atoms with van der Waals surface area (Å²) in [7, 11) is 0. The molecule has 0 aliphatic carbocycles. The van der Waals surface area contributed by atoms with Crippen LogP contribution in [0.4, 0.5) is 5.69 Å². The van der Waals surface area contributed by atoms with Crippen molar-refractivity contribution in [1.29, 1.82) is 0 Å². The summed E-state index contributed by atoms with van der Waals surface area (Å²) in [4.78, 5) is 16.9. The van der Waals surface area contributed by atoms with Crippen molar-refractivity contribution in [2.24, 2.45) is 0 Å². The number of nitrogens with zero attached hydrogens (tertiary/aromatic N) is 2. The van der Waals surface area contributed by atoms with Crippen molar-refractivity contribution in [3.8, 4) is 11.5 Å². The minimum atomic E-state index is -0.637. The molecule has 2 unspecified atom stereocenters.